The van der Waals surface area contributed by atoms with E-state index in [1.54, 1.807) is 11.8 Å². The fraction of sp³-hybridized carbons (Fsp3) is 0.889. The first-order chi connectivity index (χ1) is 5.49. The lowest BCUT2D eigenvalue weighted by Gasteiger charge is -2.18. The van der Waals surface area contributed by atoms with E-state index in [-0.39, 0.29) is 11.9 Å². The second-order valence-electron chi connectivity index (χ2n) is 3.20. The molecule has 0 heterocycles. The number of carbonyl (C=O) groups is 1. The molecule has 72 valence electrons. The third-order valence-electron chi connectivity index (χ3n) is 1.76. The Morgan fingerprint density at radius 2 is 1.75 bits per heavy atom. The molecule has 0 radical (unpaired) electrons. The number of rotatable bonds is 4. The van der Waals surface area contributed by atoms with Gasteiger partial charge in [-0.3, -0.25) is 4.79 Å². The zero-order chi connectivity index (χ0) is 9.72. The second kappa shape index (κ2) is 5.46. The quantitative estimate of drug-likeness (QED) is 0.636. The highest BCUT2D eigenvalue weighted by Crippen LogP contribution is 2.23. The normalized spacial score (nSPS) is 15.8. The molecular formula is C9H18O2S. The van der Waals surface area contributed by atoms with Crippen molar-refractivity contribution in [3.63, 3.8) is 0 Å². The molecule has 0 aromatic carbocycles. The first-order valence-electron chi connectivity index (χ1n) is 4.22. The summed E-state index contributed by atoms with van der Waals surface area (Å²) in [7, 11) is 1.44. The van der Waals surface area contributed by atoms with Crippen molar-refractivity contribution in [2.75, 3.05) is 7.11 Å². The molecule has 0 bridgehead atoms. The Labute approximate surface area is 79.1 Å². The maximum Gasteiger partial charge on any atom is 0.309 e. The topological polar surface area (TPSA) is 26.3 Å². The fourth-order valence-electron chi connectivity index (χ4n) is 0.925. The number of hydrogen-bond acceptors (Lipinski definition) is 3. The molecule has 12 heavy (non-hydrogen) atoms. The molecule has 0 amide bonds. The Kier molecular flexibility index (Phi) is 5.38. The van der Waals surface area contributed by atoms with Gasteiger partial charge in [0.1, 0.15) is 0 Å². The van der Waals surface area contributed by atoms with Crippen molar-refractivity contribution in [1.29, 1.82) is 0 Å². The lowest BCUT2D eigenvalue weighted by atomic mass is 10.1. The van der Waals surface area contributed by atoms with Crippen LogP contribution in [0.1, 0.15) is 27.7 Å². The van der Waals surface area contributed by atoms with E-state index in [4.69, 9.17) is 0 Å². The van der Waals surface area contributed by atoms with Gasteiger partial charge in [0.25, 0.3) is 0 Å². The number of methoxy groups -OCH3 is 1. The van der Waals surface area contributed by atoms with Crippen LogP contribution in [0.5, 0.6) is 0 Å². The van der Waals surface area contributed by atoms with E-state index in [0.29, 0.717) is 10.5 Å². The van der Waals surface area contributed by atoms with Gasteiger partial charge in [-0.25, -0.2) is 0 Å². The zero-order valence-corrected chi connectivity index (χ0v) is 9.27. The van der Waals surface area contributed by atoms with Crippen molar-refractivity contribution in [1.82, 2.24) is 0 Å². The van der Waals surface area contributed by atoms with Crippen LogP contribution in [-0.4, -0.2) is 23.6 Å². The van der Waals surface area contributed by atoms with Gasteiger partial charge in [0.15, 0.2) is 0 Å². The van der Waals surface area contributed by atoms with Crippen LogP contribution in [0.25, 0.3) is 0 Å². The number of thioether (sulfide) groups is 1. The van der Waals surface area contributed by atoms with Gasteiger partial charge in [-0.05, 0) is 5.25 Å². The summed E-state index contributed by atoms with van der Waals surface area (Å²) in [6.07, 6.45) is 0. The van der Waals surface area contributed by atoms with Crippen molar-refractivity contribution in [3.8, 4) is 0 Å². The zero-order valence-electron chi connectivity index (χ0n) is 8.46. The van der Waals surface area contributed by atoms with Gasteiger partial charge in [-0.1, -0.05) is 27.7 Å². The minimum atomic E-state index is -0.115. The van der Waals surface area contributed by atoms with Crippen molar-refractivity contribution in [2.45, 2.75) is 38.2 Å². The van der Waals surface area contributed by atoms with E-state index in [2.05, 4.69) is 25.5 Å². The Morgan fingerprint density at radius 3 is 2.08 bits per heavy atom. The van der Waals surface area contributed by atoms with Crippen molar-refractivity contribution in [3.05, 3.63) is 0 Å². The SMILES string of the molecule is COC(=O)C(C)C(C)SC(C)C. The molecule has 0 saturated carbocycles. The summed E-state index contributed by atoms with van der Waals surface area (Å²) in [5.74, 6) is -0.127. The fourth-order valence-corrected chi connectivity index (χ4v) is 2.13. The van der Waals surface area contributed by atoms with Gasteiger partial charge in [0.05, 0.1) is 13.0 Å². The number of esters is 1. The van der Waals surface area contributed by atoms with Crippen LogP contribution in [0.3, 0.4) is 0 Å². The molecule has 3 heteroatoms. The molecule has 0 fully saturated rings. The minimum absolute atomic E-state index is 0.0117. The molecule has 0 N–H and O–H groups in total. The van der Waals surface area contributed by atoms with Crippen LogP contribution in [0.15, 0.2) is 0 Å². The molecule has 0 aromatic rings. The molecule has 2 atom stereocenters. The van der Waals surface area contributed by atoms with Gasteiger partial charge in [0, 0.05) is 5.25 Å². The van der Waals surface area contributed by atoms with Gasteiger partial charge < -0.3 is 4.74 Å². The predicted molar refractivity (Wildman–Crippen MR) is 53.4 cm³/mol. The lowest BCUT2D eigenvalue weighted by molar-refractivity contribution is -0.144. The molecule has 0 spiro atoms. The second-order valence-corrected chi connectivity index (χ2v) is 5.16. The first-order valence-corrected chi connectivity index (χ1v) is 5.16. The van der Waals surface area contributed by atoms with Crippen LogP contribution >= 0.6 is 11.8 Å². The summed E-state index contributed by atoms with van der Waals surface area (Å²) < 4.78 is 4.66. The standard InChI is InChI=1S/C9H18O2S/c1-6(2)12-8(4)7(3)9(10)11-5/h6-8H,1-5H3. The molecule has 0 aromatic heterocycles. The minimum Gasteiger partial charge on any atom is -0.469 e. The van der Waals surface area contributed by atoms with E-state index in [1.165, 1.54) is 7.11 Å². The maximum absolute atomic E-state index is 11.1. The highest BCUT2D eigenvalue weighted by atomic mass is 32.2. The summed E-state index contributed by atoms with van der Waals surface area (Å²) in [4.78, 5) is 11.1. The summed E-state index contributed by atoms with van der Waals surface area (Å²) in [5.41, 5.74) is 0. The molecule has 0 aliphatic rings. The number of hydrogen-bond donors (Lipinski definition) is 0. The molecule has 0 rings (SSSR count). The van der Waals surface area contributed by atoms with Crippen LogP contribution < -0.4 is 0 Å². The summed E-state index contributed by atoms with van der Waals surface area (Å²) >= 11 is 1.81. The predicted octanol–water partition coefficient (Wildman–Crippen LogP) is 2.33. The molecule has 0 aliphatic heterocycles. The molecule has 2 unspecified atom stereocenters. The van der Waals surface area contributed by atoms with E-state index in [0.717, 1.165) is 0 Å². The average Bonchev–Trinajstić information content (AvgIpc) is 2.00. The van der Waals surface area contributed by atoms with Crippen LogP contribution in [0.2, 0.25) is 0 Å². The molecule has 0 saturated heterocycles. The Morgan fingerprint density at radius 1 is 1.25 bits per heavy atom. The lowest BCUT2D eigenvalue weighted by Crippen LogP contribution is -2.23. The summed E-state index contributed by atoms with van der Waals surface area (Å²) in [6.45, 7) is 8.23. The third kappa shape index (κ3) is 4.00. The maximum atomic E-state index is 11.1. The molecule has 2 nitrogen and oxygen atoms in total. The number of carbonyl (C=O) groups excluding carboxylic acids is 1. The third-order valence-corrected chi connectivity index (χ3v) is 3.15. The highest BCUT2D eigenvalue weighted by Gasteiger charge is 2.21. The number of ether oxygens (including phenoxy) is 1. The van der Waals surface area contributed by atoms with Crippen molar-refractivity contribution < 1.29 is 9.53 Å². The van der Waals surface area contributed by atoms with Gasteiger partial charge >= 0.3 is 5.97 Å². The first kappa shape index (κ1) is 11.8. The summed E-state index contributed by atoms with van der Waals surface area (Å²) in [5, 5.41) is 0.893. The van der Waals surface area contributed by atoms with Crippen LogP contribution in [-0.2, 0) is 9.53 Å². The monoisotopic (exact) mass is 190 g/mol. The largest absolute Gasteiger partial charge is 0.469 e. The van der Waals surface area contributed by atoms with Gasteiger partial charge in [-0.2, -0.15) is 11.8 Å². The van der Waals surface area contributed by atoms with E-state index in [9.17, 15) is 4.79 Å². The van der Waals surface area contributed by atoms with E-state index >= 15 is 0 Å². The van der Waals surface area contributed by atoms with Crippen molar-refractivity contribution >= 4 is 17.7 Å². The Hall–Kier alpha value is -0.180. The average molecular weight is 190 g/mol. The van der Waals surface area contributed by atoms with E-state index in [1.807, 2.05) is 6.92 Å². The van der Waals surface area contributed by atoms with Crippen molar-refractivity contribution in [2.24, 2.45) is 5.92 Å². The van der Waals surface area contributed by atoms with Crippen LogP contribution in [0, 0.1) is 5.92 Å². The Bertz CT molecular complexity index is 145. The molecule has 0 aliphatic carbocycles. The molecular weight excluding hydrogens is 172 g/mol. The Balaban J connectivity index is 3.91. The smallest absolute Gasteiger partial charge is 0.309 e. The van der Waals surface area contributed by atoms with Gasteiger partial charge in [0.2, 0.25) is 0 Å². The van der Waals surface area contributed by atoms with E-state index < -0.39 is 0 Å². The van der Waals surface area contributed by atoms with Crippen LogP contribution in [0.4, 0.5) is 0 Å². The summed E-state index contributed by atoms with van der Waals surface area (Å²) in [6, 6.07) is 0. The highest BCUT2D eigenvalue weighted by molar-refractivity contribution is 8.00. The van der Waals surface area contributed by atoms with Gasteiger partial charge in [-0.15, -0.1) is 0 Å².